The van der Waals surface area contributed by atoms with Gasteiger partial charge in [0.25, 0.3) is 0 Å². The molecule has 0 amide bonds. The van der Waals surface area contributed by atoms with Crippen molar-refractivity contribution >= 4 is 26.5 Å². The van der Waals surface area contributed by atoms with E-state index in [2.05, 4.69) is 20.0 Å². The molecule has 0 rings (SSSR count). The SMILES string of the molecule is CCCCCCCC[Si](C)C.[Li][CH3]. The Morgan fingerprint density at radius 2 is 1.31 bits per heavy atom. The van der Waals surface area contributed by atoms with Crippen LogP contribution in [0.5, 0.6) is 0 Å². The van der Waals surface area contributed by atoms with Crippen LogP contribution in [0.25, 0.3) is 0 Å². The van der Waals surface area contributed by atoms with Crippen LogP contribution in [-0.4, -0.2) is 26.5 Å². The Bertz CT molecular complexity index is 74.5. The number of unbranched alkanes of at least 4 members (excludes halogenated alkanes) is 5. The van der Waals surface area contributed by atoms with Gasteiger partial charge in [-0.05, 0) is 0 Å². The maximum atomic E-state index is 2.41. The maximum absolute atomic E-state index is 2.41. The first-order chi connectivity index (χ1) is 6.27. The summed E-state index contributed by atoms with van der Waals surface area (Å²) in [6.45, 7) is 7.10. The molecule has 0 atom stereocenters. The van der Waals surface area contributed by atoms with Gasteiger partial charge in [-0.3, -0.25) is 0 Å². The molecule has 0 aromatic rings. The Morgan fingerprint density at radius 1 is 0.846 bits per heavy atom. The average molecular weight is 193 g/mol. The van der Waals surface area contributed by atoms with Gasteiger partial charge in [-0.25, -0.2) is 0 Å². The molecular weight excluding hydrogens is 167 g/mol. The molecule has 2 heteroatoms. The molecule has 0 heterocycles. The molecule has 0 N–H and O–H groups in total. The van der Waals surface area contributed by atoms with Gasteiger partial charge in [-0.15, -0.1) is 0 Å². The number of rotatable bonds is 7. The molecule has 0 aromatic carbocycles. The van der Waals surface area contributed by atoms with Crippen LogP contribution in [0.2, 0.25) is 24.7 Å². The summed E-state index contributed by atoms with van der Waals surface area (Å²) in [5.41, 5.74) is 2.00. The molecule has 0 aliphatic rings. The quantitative estimate of drug-likeness (QED) is 0.417. The van der Waals surface area contributed by atoms with Crippen molar-refractivity contribution in [1.82, 2.24) is 0 Å². The summed E-state index contributed by atoms with van der Waals surface area (Å²) in [5, 5.41) is 0. The summed E-state index contributed by atoms with van der Waals surface area (Å²) in [6.07, 6.45) is 8.72. The zero-order chi connectivity index (χ0) is 10.5. The molecule has 0 aromatic heterocycles. The summed E-state index contributed by atoms with van der Waals surface area (Å²) >= 11 is 2.00. The van der Waals surface area contributed by atoms with E-state index in [1.165, 1.54) is 44.6 Å². The molecule has 1 radical (unpaired) electrons. The molecular formula is C11H26LiSi. The van der Waals surface area contributed by atoms with Crippen molar-refractivity contribution in [3.8, 4) is 0 Å². The van der Waals surface area contributed by atoms with Crippen molar-refractivity contribution in [3.05, 3.63) is 0 Å². The fourth-order valence-electron chi connectivity index (χ4n) is 1.26. The molecule has 0 saturated carbocycles. The predicted molar refractivity (Wildman–Crippen MR) is 67.3 cm³/mol. The predicted octanol–water partition coefficient (Wildman–Crippen LogP) is 4.30. The second-order valence-corrected chi connectivity index (χ2v) is 6.64. The molecule has 13 heavy (non-hydrogen) atoms. The summed E-state index contributed by atoms with van der Waals surface area (Å²) in [6, 6.07) is 1.52. The zero-order valence-corrected chi connectivity index (χ0v) is 11.4. The topological polar surface area (TPSA) is 0 Å². The summed E-state index contributed by atoms with van der Waals surface area (Å²) in [5.74, 6) is 0. The van der Waals surface area contributed by atoms with Crippen LogP contribution in [0.4, 0.5) is 0 Å². The van der Waals surface area contributed by atoms with Gasteiger partial charge in [0.2, 0.25) is 0 Å². The van der Waals surface area contributed by atoms with Gasteiger partial charge >= 0.3 is 23.3 Å². The average Bonchev–Trinajstić information content (AvgIpc) is 2.14. The third-order valence-electron chi connectivity index (χ3n) is 2.03. The van der Waals surface area contributed by atoms with Crippen LogP contribution in [-0.2, 0) is 0 Å². The van der Waals surface area contributed by atoms with Crippen LogP contribution < -0.4 is 0 Å². The Labute approximate surface area is 96.7 Å². The van der Waals surface area contributed by atoms with Crippen molar-refractivity contribution in [1.29, 1.82) is 0 Å². The van der Waals surface area contributed by atoms with Crippen molar-refractivity contribution in [2.24, 2.45) is 0 Å². The Hall–Kier alpha value is 0.814. The van der Waals surface area contributed by atoms with Gasteiger partial charge in [0.05, 0.1) is 0 Å². The first-order valence-electron chi connectivity index (χ1n) is 6.06. The van der Waals surface area contributed by atoms with E-state index in [1.807, 2.05) is 23.3 Å². The summed E-state index contributed by atoms with van der Waals surface area (Å²) < 4.78 is 0. The minimum atomic E-state index is 0.0728. The van der Waals surface area contributed by atoms with Gasteiger partial charge < -0.3 is 0 Å². The minimum absolute atomic E-state index is 0.0728. The van der Waals surface area contributed by atoms with Crippen molar-refractivity contribution in [2.45, 2.75) is 70.2 Å². The van der Waals surface area contributed by atoms with Gasteiger partial charge in [0, 0.05) is 8.80 Å². The van der Waals surface area contributed by atoms with Crippen molar-refractivity contribution in [2.75, 3.05) is 0 Å². The summed E-state index contributed by atoms with van der Waals surface area (Å²) in [7, 11) is 0.0728. The van der Waals surface area contributed by atoms with E-state index in [1.54, 1.807) is 0 Å². The van der Waals surface area contributed by atoms with Gasteiger partial charge in [-0.1, -0.05) is 64.6 Å². The molecule has 75 valence electrons. The van der Waals surface area contributed by atoms with E-state index in [-0.39, 0.29) is 8.80 Å². The van der Waals surface area contributed by atoms with E-state index in [0.717, 1.165) is 0 Å². The van der Waals surface area contributed by atoms with Crippen molar-refractivity contribution < 1.29 is 0 Å². The van der Waals surface area contributed by atoms with Crippen LogP contribution in [0, 0.1) is 0 Å². The van der Waals surface area contributed by atoms with E-state index >= 15 is 0 Å². The second-order valence-electron chi connectivity index (χ2n) is 3.72. The standard InChI is InChI=1S/C10H23Si.CH3.Li/c1-4-5-6-7-8-9-10-11(2)3;;/h4-10H2,1-3H3;1H3;. The summed E-state index contributed by atoms with van der Waals surface area (Å²) in [4.78, 5) is 0. The van der Waals surface area contributed by atoms with Gasteiger partial charge in [0.1, 0.15) is 0 Å². The molecule has 0 saturated heterocycles. The third-order valence-corrected chi connectivity index (χ3v) is 3.38. The van der Waals surface area contributed by atoms with E-state index < -0.39 is 0 Å². The Kier molecular flexibility index (Phi) is 19.1. The molecule has 0 unspecified atom stereocenters. The number of hydrogen-bond donors (Lipinski definition) is 0. The monoisotopic (exact) mass is 193 g/mol. The zero-order valence-electron chi connectivity index (χ0n) is 10.4. The van der Waals surface area contributed by atoms with Gasteiger partial charge in [0.15, 0.2) is 0 Å². The first kappa shape index (κ1) is 16.3. The Balaban J connectivity index is 0. The van der Waals surface area contributed by atoms with E-state index in [0.29, 0.717) is 0 Å². The molecule has 0 fully saturated rings. The molecule has 0 aliphatic carbocycles. The van der Waals surface area contributed by atoms with Crippen LogP contribution >= 0.6 is 0 Å². The van der Waals surface area contributed by atoms with E-state index in [9.17, 15) is 0 Å². The Morgan fingerprint density at radius 3 is 1.77 bits per heavy atom. The van der Waals surface area contributed by atoms with Crippen molar-refractivity contribution in [3.63, 3.8) is 0 Å². The van der Waals surface area contributed by atoms with Crippen LogP contribution in [0.1, 0.15) is 45.4 Å². The molecule has 0 aliphatic heterocycles. The first-order valence-corrected chi connectivity index (χ1v) is 8.77. The molecule has 0 bridgehead atoms. The normalized spacial score (nSPS) is 9.77. The van der Waals surface area contributed by atoms with Crippen LogP contribution in [0.3, 0.4) is 0 Å². The third kappa shape index (κ3) is 19.3. The molecule has 0 nitrogen and oxygen atoms in total. The van der Waals surface area contributed by atoms with Gasteiger partial charge in [-0.2, -0.15) is 0 Å². The fraction of sp³-hybridized carbons (Fsp3) is 1.00. The van der Waals surface area contributed by atoms with E-state index in [4.69, 9.17) is 0 Å². The fourth-order valence-corrected chi connectivity index (χ4v) is 2.22. The molecule has 0 spiro atoms. The second kappa shape index (κ2) is 15.3. The van der Waals surface area contributed by atoms with Crippen LogP contribution in [0.15, 0.2) is 0 Å². The number of hydrogen-bond acceptors (Lipinski definition) is 0.